The number of benzene rings is 1. The summed E-state index contributed by atoms with van der Waals surface area (Å²) < 4.78 is 13.9. The average molecular weight is 278 g/mol. The Morgan fingerprint density at radius 2 is 2.15 bits per heavy atom. The van der Waals surface area contributed by atoms with Crippen LogP contribution in [-0.4, -0.2) is 11.9 Å². The molecule has 1 atom stereocenters. The van der Waals surface area contributed by atoms with Crippen molar-refractivity contribution in [3.63, 3.8) is 0 Å². The van der Waals surface area contributed by atoms with Crippen molar-refractivity contribution in [3.8, 4) is 0 Å². The second kappa shape index (κ2) is 5.81. The van der Waals surface area contributed by atoms with E-state index in [0.29, 0.717) is 22.8 Å². The van der Waals surface area contributed by atoms with E-state index < -0.39 is 0 Å². The maximum Gasteiger partial charge on any atom is 0.221 e. The van der Waals surface area contributed by atoms with Gasteiger partial charge in [0.05, 0.1) is 5.69 Å². The first-order valence-corrected chi connectivity index (χ1v) is 7.19. The number of nitrogens with one attached hydrogen (secondary N) is 2. The molecule has 1 aliphatic carbocycles. The van der Waals surface area contributed by atoms with Gasteiger partial charge in [0.1, 0.15) is 5.82 Å². The molecular weight excluding hydrogens is 255 g/mol. The monoisotopic (exact) mass is 278 g/mol. The van der Waals surface area contributed by atoms with Crippen molar-refractivity contribution < 1.29 is 9.18 Å². The largest absolute Gasteiger partial charge is 0.380 e. The van der Waals surface area contributed by atoms with Gasteiger partial charge in [-0.2, -0.15) is 0 Å². The number of carbonyl (C=O) groups excluding carboxylic acids is 1. The topological polar surface area (TPSA) is 41.1 Å². The Morgan fingerprint density at radius 3 is 2.80 bits per heavy atom. The summed E-state index contributed by atoms with van der Waals surface area (Å²) in [7, 11) is 0. The van der Waals surface area contributed by atoms with Gasteiger partial charge in [-0.15, -0.1) is 0 Å². The molecule has 4 heteroatoms. The normalized spacial score (nSPS) is 21.3. The molecule has 0 aliphatic heterocycles. The van der Waals surface area contributed by atoms with Gasteiger partial charge in [-0.3, -0.25) is 4.79 Å². The van der Waals surface area contributed by atoms with Crippen molar-refractivity contribution in [1.29, 1.82) is 0 Å². The number of anilines is 2. The van der Waals surface area contributed by atoms with Crippen LogP contribution in [0.25, 0.3) is 0 Å². The molecule has 1 aliphatic rings. The first-order valence-electron chi connectivity index (χ1n) is 7.19. The van der Waals surface area contributed by atoms with Crippen LogP contribution in [0.2, 0.25) is 0 Å². The maximum absolute atomic E-state index is 13.9. The first-order chi connectivity index (χ1) is 9.35. The highest BCUT2D eigenvalue weighted by Gasteiger charge is 2.28. The predicted molar refractivity (Wildman–Crippen MR) is 80.4 cm³/mol. The van der Waals surface area contributed by atoms with Crippen LogP contribution in [0, 0.1) is 11.2 Å². The van der Waals surface area contributed by atoms with Gasteiger partial charge in [0.15, 0.2) is 0 Å². The van der Waals surface area contributed by atoms with E-state index >= 15 is 0 Å². The van der Waals surface area contributed by atoms with Crippen LogP contribution in [0.15, 0.2) is 18.2 Å². The number of amides is 1. The predicted octanol–water partition coefficient (Wildman–Crippen LogP) is 4.16. The van der Waals surface area contributed by atoms with E-state index in [1.807, 2.05) is 0 Å². The quantitative estimate of drug-likeness (QED) is 0.871. The highest BCUT2D eigenvalue weighted by Crippen LogP contribution is 2.36. The molecule has 2 N–H and O–H groups in total. The summed E-state index contributed by atoms with van der Waals surface area (Å²) in [5, 5.41) is 5.97. The smallest absolute Gasteiger partial charge is 0.221 e. The van der Waals surface area contributed by atoms with Crippen LogP contribution >= 0.6 is 0 Å². The number of halogens is 1. The first kappa shape index (κ1) is 14.8. The molecule has 0 bridgehead atoms. The molecule has 1 aromatic rings. The van der Waals surface area contributed by atoms with Gasteiger partial charge in [-0.05, 0) is 42.9 Å². The van der Waals surface area contributed by atoms with Gasteiger partial charge in [0, 0.05) is 18.7 Å². The fraction of sp³-hybridized carbons (Fsp3) is 0.562. The van der Waals surface area contributed by atoms with E-state index in [4.69, 9.17) is 0 Å². The van der Waals surface area contributed by atoms with Crippen molar-refractivity contribution in [2.75, 3.05) is 10.6 Å². The number of rotatable bonds is 3. The standard InChI is InChI=1S/C16H23FN2O/c1-11(20)18-12-6-7-14(17)15(9-12)19-13-5-4-8-16(2,3)10-13/h6-7,9,13,19H,4-5,8,10H2,1-3H3,(H,18,20). The summed E-state index contributed by atoms with van der Waals surface area (Å²) in [5.41, 5.74) is 1.40. The van der Waals surface area contributed by atoms with Crippen LogP contribution in [-0.2, 0) is 4.79 Å². The van der Waals surface area contributed by atoms with Gasteiger partial charge < -0.3 is 10.6 Å². The van der Waals surface area contributed by atoms with E-state index in [0.717, 1.165) is 19.3 Å². The molecule has 1 amide bonds. The second-order valence-electron chi connectivity index (χ2n) is 6.48. The third-order valence-corrected chi connectivity index (χ3v) is 3.85. The molecule has 0 saturated heterocycles. The van der Waals surface area contributed by atoms with E-state index in [9.17, 15) is 9.18 Å². The molecule has 0 spiro atoms. The molecule has 0 radical (unpaired) electrons. The Labute approximate surface area is 120 Å². The molecule has 1 unspecified atom stereocenters. The lowest BCUT2D eigenvalue weighted by Crippen LogP contribution is -2.32. The zero-order chi connectivity index (χ0) is 14.8. The molecule has 110 valence electrons. The lowest BCUT2D eigenvalue weighted by atomic mass is 9.75. The summed E-state index contributed by atoms with van der Waals surface area (Å²) in [5.74, 6) is -0.427. The molecule has 1 aromatic carbocycles. The zero-order valence-electron chi connectivity index (χ0n) is 12.4. The third-order valence-electron chi connectivity index (χ3n) is 3.85. The molecule has 1 saturated carbocycles. The third kappa shape index (κ3) is 3.95. The maximum atomic E-state index is 13.9. The second-order valence-corrected chi connectivity index (χ2v) is 6.48. The Morgan fingerprint density at radius 1 is 1.40 bits per heavy atom. The van der Waals surface area contributed by atoms with Crippen LogP contribution < -0.4 is 10.6 Å². The van der Waals surface area contributed by atoms with Gasteiger partial charge in [-0.25, -0.2) is 4.39 Å². The summed E-state index contributed by atoms with van der Waals surface area (Å²) in [4.78, 5) is 11.1. The SMILES string of the molecule is CC(=O)Nc1ccc(F)c(NC2CCCC(C)(C)C2)c1. The summed E-state index contributed by atoms with van der Waals surface area (Å²) in [6, 6.07) is 4.92. The Bertz CT molecular complexity index is 499. The molecular formula is C16H23FN2O. The minimum atomic E-state index is -0.275. The minimum absolute atomic E-state index is 0.152. The van der Waals surface area contributed by atoms with Crippen LogP contribution in [0.3, 0.4) is 0 Å². The van der Waals surface area contributed by atoms with Crippen LogP contribution in [0.1, 0.15) is 46.5 Å². The van der Waals surface area contributed by atoms with Crippen molar-refractivity contribution in [3.05, 3.63) is 24.0 Å². The van der Waals surface area contributed by atoms with Crippen molar-refractivity contribution in [2.45, 2.75) is 52.5 Å². The summed E-state index contributed by atoms with van der Waals surface area (Å²) in [6.45, 7) is 5.95. The summed E-state index contributed by atoms with van der Waals surface area (Å²) in [6.07, 6.45) is 4.49. The lowest BCUT2D eigenvalue weighted by molar-refractivity contribution is -0.114. The van der Waals surface area contributed by atoms with Crippen molar-refractivity contribution in [2.24, 2.45) is 5.41 Å². The average Bonchev–Trinajstić information content (AvgIpc) is 2.31. The van der Waals surface area contributed by atoms with Gasteiger partial charge >= 0.3 is 0 Å². The van der Waals surface area contributed by atoms with E-state index in [1.165, 1.54) is 19.4 Å². The molecule has 0 heterocycles. The van der Waals surface area contributed by atoms with Crippen LogP contribution in [0.5, 0.6) is 0 Å². The zero-order valence-corrected chi connectivity index (χ0v) is 12.4. The Balaban J connectivity index is 2.10. The highest BCUT2D eigenvalue weighted by molar-refractivity contribution is 5.89. The lowest BCUT2D eigenvalue weighted by Gasteiger charge is -2.36. The van der Waals surface area contributed by atoms with Crippen molar-refractivity contribution >= 4 is 17.3 Å². The van der Waals surface area contributed by atoms with E-state index in [2.05, 4.69) is 24.5 Å². The number of hydrogen-bond donors (Lipinski definition) is 2. The molecule has 2 rings (SSSR count). The van der Waals surface area contributed by atoms with E-state index in [1.54, 1.807) is 12.1 Å². The van der Waals surface area contributed by atoms with Gasteiger partial charge in [0.25, 0.3) is 0 Å². The fourth-order valence-electron chi connectivity index (χ4n) is 2.96. The highest BCUT2D eigenvalue weighted by atomic mass is 19.1. The molecule has 0 aromatic heterocycles. The number of carbonyl (C=O) groups is 1. The van der Waals surface area contributed by atoms with Gasteiger partial charge in [0.2, 0.25) is 5.91 Å². The van der Waals surface area contributed by atoms with Crippen LogP contribution in [0.4, 0.5) is 15.8 Å². The van der Waals surface area contributed by atoms with Gasteiger partial charge in [-0.1, -0.05) is 20.3 Å². The molecule has 20 heavy (non-hydrogen) atoms. The Hall–Kier alpha value is -1.58. The number of hydrogen-bond acceptors (Lipinski definition) is 2. The molecule has 3 nitrogen and oxygen atoms in total. The van der Waals surface area contributed by atoms with E-state index in [-0.39, 0.29) is 11.7 Å². The summed E-state index contributed by atoms with van der Waals surface area (Å²) >= 11 is 0. The molecule has 1 fully saturated rings. The fourth-order valence-corrected chi connectivity index (χ4v) is 2.96. The Kier molecular flexibility index (Phi) is 4.31. The van der Waals surface area contributed by atoms with Crippen molar-refractivity contribution in [1.82, 2.24) is 0 Å². The minimum Gasteiger partial charge on any atom is -0.380 e.